The van der Waals surface area contributed by atoms with E-state index in [0.29, 0.717) is 0 Å². The van der Waals surface area contributed by atoms with Gasteiger partial charge in [0.15, 0.2) is 0 Å². The quantitative estimate of drug-likeness (QED) is 0.247. The molecule has 0 amide bonds. The summed E-state index contributed by atoms with van der Waals surface area (Å²) in [5.74, 6) is 0. The van der Waals surface area contributed by atoms with E-state index in [1.807, 2.05) is 60.7 Å². The average Bonchev–Trinajstić information content (AvgIpc) is 3.39. The van der Waals surface area contributed by atoms with Gasteiger partial charge in [-0.05, 0) is 0 Å². The molecule has 2 aromatic heterocycles. The molecule has 8 heteroatoms. The van der Waals surface area contributed by atoms with E-state index in [4.69, 9.17) is 0 Å². The molecule has 0 bridgehead atoms. The molecule has 4 rings (SSSR count). The Morgan fingerprint density at radius 3 is 1.45 bits per heavy atom. The maximum absolute atomic E-state index is 4.36. The number of nitrogens with one attached hydrogen (secondary N) is 2. The van der Waals surface area contributed by atoms with Crippen molar-refractivity contribution in [2.45, 2.75) is 32.1 Å². The molecule has 2 aromatic carbocycles. The fourth-order valence-electron chi connectivity index (χ4n) is 2.83. The van der Waals surface area contributed by atoms with Crippen LogP contribution in [0.4, 0.5) is 20.8 Å². The van der Waals surface area contributed by atoms with Gasteiger partial charge in [0.1, 0.15) is 0 Å². The molecule has 0 saturated carbocycles. The average molecular weight is 516 g/mol. The Hall–Kier alpha value is -2.24. The van der Waals surface area contributed by atoms with Gasteiger partial charge in [-0.1, -0.05) is 0 Å². The van der Waals surface area contributed by atoms with E-state index in [2.05, 4.69) is 31.0 Å². The van der Waals surface area contributed by atoms with Crippen LogP contribution >= 0.6 is 0 Å². The SMILES string of the molecule is c1ccc(Nc2nnc(CCCCCc3nnc(Nc4ccccc4)[se]3)[se]2)cc1. The van der Waals surface area contributed by atoms with E-state index < -0.39 is 0 Å². The molecule has 0 aliphatic rings. The summed E-state index contributed by atoms with van der Waals surface area (Å²) >= 11 is 0.445. The standard InChI is InChI=1S/C21H22N6Se2/c1-4-10-16(11-5-1)22-20-26-24-18(28-20)14-8-3-9-15-19-25-27-21(29-19)23-17-12-6-2-7-13-17/h1-2,4-7,10-13H,3,8-9,14-15H2,(H,22,26)(H,23,27). The third-order valence-electron chi connectivity index (χ3n) is 4.27. The van der Waals surface area contributed by atoms with Gasteiger partial charge >= 0.3 is 183 Å². The summed E-state index contributed by atoms with van der Waals surface area (Å²) in [6.07, 6.45) is 5.58. The number of para-hydroxylation sites is 2. The molecule has 148 valence electrons. The molecule has 0 unspecified atom stereocenters. The van der Waals surface area contributed by atoms with Gasteiger partial charge in [0, 0.05) is 0 Å². The first-order valence-corrected chi connectivity index (χ1v) is 13.1. The molecule has 4 aromatic rings. The van der Waals surface area contributed by atoms with Gasteiger partial charge < -0.3 is 0 Å². The predicted molar refractivity (Wildman–Crippen MR) is 119 cm³/mol. The summed E-state index contributed by atoms with van der Waals surface area (Å²) in [4.78, 5) is 0. The van der Waals surface area contributed by atoms with Crippen LogP contribution in [-0.4, -0.2) is 49.4 Å². The summed E-state index contributed by atoms with van der Waals surface area (Å²) < 4.78 is 4.46. The first-order chi connectivity index (χ1) is 14.3. The number of rotatable bonds is 10. The second-order valence-corrected chi connectivity index (χ2v) is 11.0. The molecule has 0 atom stereocenters. The van der Waals surface area contributed by atoms with Gasteiger partial charge in [0.25, 0.3) is 0 Å². The van der Waals surface area contributed by atoms with E-state index >= 15 is 0 Å². The fraction of sp³-hybridized carbons (Fsp3) is 0.238. The monoisotopic (exact) mass is 518 g/mol. The summed E-state index contributed by atoms with van der Waals surface area (Å²) in [7, 11) is 0. The van der Waals surface area contributed by atoms with Crippen LogP contribution in [0.3, 0.4) is 0 Å². The van der Waals surface area contributed by atoms with Crippen molar-refractivity contribution < 1.29 is 0 Å². The van der Waals surface area contributed by atoms with Crippen LogP contribution in [-0.2, 0) is 12.8 Å². The molecule has 2 N–H and O–H groups in total. The number of nitrogens with zero attached hydrogens (tertiary/aromatic N) is 4. The van der Waals surface area contributed by atoms with Gasteiger partial charge in [-0.2, -0.15) is 0 Å². The molecular weight excluding hydrogens is 494 g/mol. The Labute approximate surface area is 182 Å². The number of unbranched alkanes of at least 4 members (excludes halogenated alkanes) is 2. The Bertz CT molecular complexity index is 918. The van der Waals surface area contributed by atoms with Gasteiger partial charge in [0.05, 0.1) is 0 Å². The first-order valence-electron chi connectivity index (χ1n) is 9.64. The van der Waals surface area contributed by atoms with Gasteiger partial charge in [0.2, 0.25) is 0 Å². The van der Waals surface area contributed by atoms with Crippen molar-refractivity contribution in [3.8, 4) is 0 Å². The maximum atomic E-state index is 4.36. The summed E-state index contributed by atoms with van der Waals surface area (Å²) in [6, 6.07) is 20.3. The summed E-state index contributed by atoms with van der Waals surface area (Å²) in [6.45, 7) is 0. The third-order valence-corrected chi connectivity index (χ3v) is 8.04. The van der Waals surface area contributed by atoms with Crippen molar-refractivity contribution in [3.05, 3.63) is 69.8 Å². The second kappa shape index (κ2) is 10.5. The zero-order valence-corrected chi connectivity index (χ0v) is 19.3. The number of aryl methyl sites for hydroxylation is 2. The minimum atomic E-state index is 0.223. The van der Waals surface area contributed by atoms with Crippen LogP contribution in [0.2, 0.25) is 0 Å². The van der Waals surface area contributed by atoms with E-state index in [9.17, 15) is 0 Å². The summed E-state index contributed by atoms with van der Waals surface area (Å²) in [5.41, 5.74) is 2.15. The van der Waals surface area contributed by atoms with Crippen molar-refractivity contribution >= 4 is 49.8 Å². The van der Waals surface area contributed by atoms with Crippen LogP contribution in [0.15, 0.2) is 60.7 Å². The van der Waals surface area contributed by atoms with Crippen molar-refractivity contribution in [1.29, 1.82) is 0 Å². The number of hydrogen-bond acceptors (Lipinski definition) is 6. The zero-order valence-electron chi connectivity index (χ0n) is 15.9. The van der Waals surface area contributed by atoms with Crippen LogP contribution < -0.4 is 10.6 Å². The molecular formula is C21H22N6Se2. The van der Waals surface area contributed by atoms with Gasteiger partial charge in [-0.15, -0.1) is 0 Å². The van der Waals surface area contributed by atoms with Crippen LogP contribution in [0.1, 0.15) is 28.4 Å². The molecule has 0 aliphatic carbocycles. The first kappa shape index (κ1) is 20.0. The second-order valence-electron chi connectivity index (χ2n) is 6.54. The van der Waals surface area contributed by atoms with Crippen molar-refractivity contribution in [2.75, 3.05) is 10.6 Å². The molecule has 0 aliphatic heterocycles. The number of benzene rings is 2. The molecule has 6 nitrogen and oxygen atoms in total. The Kier molecular flexibility index (Phi) is 7.27. The molecule has 0 spiro atoms. The molecule has 0 fully saturated rings. The number of hydrogen-bond donors (Lipinski definition) is 2. The molecule has 0 saturated heterocycles. The molecule has 2 heterocycles. The van der Waals surface area contributed by atoms with Crippen molar-refractivity contribution in [2.24, 2.45) is 0 Å². The van der Waals surface area contributed by atoms with Crippen LogP contribution in [0, 0.1) is 0 Å². The zero-order chi connectivity index (χ0) is 19.7. The van der Waals surface area contributed by atoms with Crippen LogP contribution in [0.5, 0.6) is 0 Å². The summed E-state index contributed by atoms with van der Waals surface area (Å²) in [5, 5.41) is 24.0. The number of aromatic nitrogens is 4. The van der Waals surface area contributed by atoms with E-state index in [0.717, 1.165) is 46.4 Å². The fourth-order valence-corrected chi connectivity index (χ4v) is 6.19. The molecule has 29 heavy (non-hydrogen) atoms. The normalized spacial score (nSPS) is 10.8. The Morgan fingerprint density at radius 2 is 1.00 bits per heavy atom. The van der Waals surface area contributed by atoms with Gasteiger partial charge in [-0.25, -0.2) is 0 Å². The van der Waals surface area contributed by atoms with Crippen LogP contribution in [0.25, 0.3) is 0 Å². The van der Waals surface area contributed by atoms with Crippen molar-refractivity contribution in [1.82, 2.24) is 20.4 Å². The number of anilines is 4. The topological polar surface area (TPSA) is 75.6 Å². The third kappa shape index (κ3) is 6.37. The van der Waals surface area contributed by atoms with E-state index in [1.165, 1.54) is 15.6 Å². The molecule has 0 radical (unpaired) electrons. The predicted octanol–water partition coefficient (Wildman–Crippen LogP) is 3.82. The van der Waals surface area contributed by atoms with Gasteiger partial charge in [-0.3, -0.25) is 0 Å². The Balaban J connectivity index is 1.15. The van der Waals surface area contributed by atoms with E-state index in [-0.39, 0.29) is 29.0 Å². The Morgan fingerprint density at radius 1 is 0.552 bits per heavy atom. The minimum absolute atomic E-state index is 0.223. The van der Waals surface area contributed by atoms with E-state index in [1.54, 1.807) is 0 Å². The van der Waals surface area contributed by atoms with Crippen molar-refractivity contribution in [3.63, 3.8) is 0 Å².